The second kappa shape index (κ2) is 8.78. The van der Waals surface area contributed by atoms with Crippen molar-refractivity contribution in [1.82, 2.24) is 29.7 Å². The zero-order valence-electron chi connectivity index (χ0n) is 15.4. The molecule has 0 radical (unpaired) electrons. The molecular formula is C17H12Cl2N6NaO3+. The first kappa shape index (κ1) is 21.7. The maximum Gasteiger partial charge on any atom is 1.00 e. The number of fused-ring (bicyclic) bond motifs is 1. The molecule has 4 rings (SSSR count). The Kier molecular flexibility index (Phi) is 6.57. The SMILES string of the molecule is COCc1nnc(-c2cccnc2)n1-c1c(Cl)c(Cl)cc2[nH]c(=O)c(=O)[nH]c12.[Na+]. The van der Waals surface area contributed by atoms with Gasteiger partial charge in [-0.1, -0.05) is 23.2 Å². The normalized spacial score (nSPS) is 10.9. The zero-order valence-corrected chi connectivity index (χ0v) is 18.9. The van der Waals surface area contributed by atoms with Crippen LogP contribution in [0.15, 0.2) is 40.2 Å². The van der Waals surface area contributed by atoms with Crippen LogP contribution in [0.3, 0.4) is 0 Å². The van der Waals surface area contributed by atoms with Crippen LogP contribution in [0.2, 0.25) is 10.0 Å². The van der Waals surface area contributed by atoms with Crippen LogP contribution in [0, 0.1) is 0 Å². The summed E-state index contributed by atoms with van der Waals surface area (Å²) < 4.78 is 6.84. The van der Waals surface area contributed by atoms with Gasteiger partial charge in [0.15, 0.2) is 11.6 Å². The molecule has 0 spiro atoms. The Morgan fingerprint density at radius 1 is 1.17 bits per heavy atom. The van der Waals surface area contributed by atoms with E-state index in [4.69, 9.17) is 27.9 Å². The van der Waals surface area contributed by atoms with Gasteiger partial charge in [-0.2, -0.15) is 0 Å². The summed E-state index contributed by atoms with van der Waals surface area (Å²) in [4.78, 5) is 32.9. The molecule has 0 saturated heterocycles. The van der Waals surface area contributed by atoms with E-state index in [0.717, 1.165) is 0 Å². The van der Waals surface area contributed by atoms with Crippen molar-refractivity contribution in [2.75, 3.05) is 7.11 Å². The van der Waals surface area contributed by atoms with Crippen LogP contribution in [0.25, 0.3) is 28.1 Å². The number of nitrogens with one attached hydrogen (secondary N) is 2. The fourth-order valence-corrected chi connectivity index (χ4v) is 3.29. The number of ether oxygens (including phenoxy) is 1. The molecule has 4 aromatic rings. The minimum Gasteiger partial charge on any atom is -0.377 e. The van der Waals surface area contributed by atoms with Crippen molar-refractivity contribution < 1.29 is 34.3 Å². The van der Waals surface area contributed by atoms with E-state index in [2.05, 4.69) is 25.1 Å². The molecule has 0 fully saturated rings. The second-order valence-corrected chi connectivity index (χ2v) is 6.59. The van der Waals surface area contributed by atoms with Crippen LogP contribution in [0.5, 0.6) is 0 Å². The Balaban J connectivity index is 0.00000240. The van der Waals surface area contributed by atoms with Gasteiger partial charge in [0.2, 0.25) is 0 Å². The van der Waals surface area contributed by atoms with Gasteiger partial charge in [0.25, 0.3) is 0 Å². The van der Waals surface area contributed by atoms with Crippen molar-refractivity contribution in [3.63, 3.8) is 0 Å². The molecule has 0 aliphatic heterocycles. The van der Waals surface area contributed by atoms with Gasteiger partial charge in [-0.25, -0.2) is 0 Å². The number of aromatic amines is 2. The summed E-state index contributed by atoms with van der Waals surface area (Å²) in [7, 11) is 1.51. The summed E-state index contributed by atoms with van der Waals surface area (Å²) in [6, 6.07) is 5.01. The van der Waals surface area contributed by atoms with Crippen LogP contribution >= 0.6 is 23.2 Å². The minimum atomic E-state index is -0.823. The molecule has 3 heterocycles. The van der Waals surface area contributed by atoms with Crippen molar-refractivity contribution in [3.8, 4) is 17.1 Å². The summed E-state index contributed by atoms with van der Waals surface area (Å²) in [6.07, 6.45) is 3.24. The number of H-pyrrole nitrogens is 2. The standard InChI is InChI=1S/C17H12Cl2N6O3.Na/c1-28-7-11-23-24-15(8-3-2-4-20-6-8)25(11)14-12(19)9(18)5-10-13(14)22-17(27)16(26)21-10;/h2-6H,7H2,1H3,(H,21,26)(H,22,27);/q;+1. The number of rotatable bonds is 4. The van der Waals surface area contributed by atoms with Gasteiger partial charge >= 0.3 is 40.7 Å². The maximum atomic E-state index is 12.0. The first-order chi connectivity index (χ1) is 13.5. The number of hydrogen-bond donors (Lipinski definition) is 2. The summed E-state index contributed by atoms with van der Waals surface area (Å²) in [5.74, 6) is 0.830. The number of hydrogen-bond acceptors (Lipinski definition) is 6. The number of methoxy groups -OCH3 is 1. The quantitative estimate of drug-likeness (QED) is 0.319. The van der Waals surface area contributed by atoms with Gasteiger partial charge in [0.1, 0.15) is 6.61 Å². The Bertz CT molecular complexity index is 1300. The molecule has 0 aliphatic rings. The molecule has 0 saturated carbocycles. The molecule has 0 bridgehead atoms. The van der Waals surface area contributed by atoms with Crippen LogP contribution < -0.4 is 40.7 Å². The molecule has 1 aromatic carbocycles. The third kappa shape index (κ3) is 3.89. The van der Waals surface area contributed by atoms with Crippen molar-refractivity contribution in [3.05, 3.63) is 67.2 Å². The number of pyridine rings is 1. The molecular weight excluding hydrogens is 430 g/mol. The van der Waals surface area contributed by atoms with E-state index in [1.54, 1.807) is 29.1 Å². The van der Waals surface area contributed by atoms with Crippen LogP contribution in [-0.4, -0.2) is 36.8 Å². The number of benzene rings is 1. The van der Waals surface area contributed by atoms with Crippen LogP contribution in [0.4, 0.5) is 0 Å². The van der Waals surface area contributed by atoms with Crippen molar-refractivity contribution in [1.29, 1.82) is 0 Å². The van der Waals surface area contributed by atoms with Gasteiger partial charge < -0.3 is 14.7 Å². The van der Waals surface area contributed by atoms with Gasteiger partial charge in [0.05, 0.1) is 26.8 Å². The number of halogens is 2. The first-order valence-corrected chi connectivity index (χ1v) is 8.75. The van der Waals surface area contributed by atoms with Crippen LogP contribution in [-0.2, 0) is 11.3 Å². The predicted octanol–water partition coefficient (Wildman–Crippen LogP) is -0.684. The van der Waals surface area contributed by atoms with E-state index < -0.39 is 11.1 Å². The van der Waals surface area contributed by atoms with Crippen molar-refractivity contribution >= 4 is 34.2 Å². The van der Waals surface area contributed by atoms with Gasteiger partial charge in [-0.15, -0.1) is 10.2 Å². The topological polar surface area (TPSA) is 119 Å². The predicted molar refractivity (Wildman–Crippen MR) is 104 cm³/mol. The van der Waals surface area contributed by atoms with Gasteiger partial charge in [-0.3, -0.25) is 19.1 Å². The first-order valence-electron chi connectivity index (χ1n) is 7.99. The summed E-state index contributed by atoms with van der Waals surface area (Å²) >= 11 is 12.8. The fourth-order valence-electron chi connectivity index (χ4n) is 2.85. The molecule has 0 unspecified atom stereocenters. The van der Waals surface area contributed by atoms with E-state index in [9.17, 15) is 9.59 Å². The Hall–Kier alpha value is -2.01. The average molecular weight is 442 g/mol. The molecule has 3 aromatic heterocycles. The monoisotopic (exact) mass is 441 g/mol. The van der Waals surface area contributed by atoms with E-state index in [1.165, 1.54) is 13.2 Å². The Labute approximate surface area is 195 Å². The third-order valence-corrected chi connectivity index (χ3v) is 4.81. The zero-order chi connectivity index (χ0) is 19.8. The molecule has 12 heteroatoms. The number of nitrogens with zero attached hydrogens (tertiary/aromatic N) is 4. The van der Waals surface area contributed by atoms with Crippen LogP contribution in [0.1, 0.15) is 5.82 Å². The summed E-state index contributed by atoms with van der Waals surface area (Å²) in [5, 5.41) is 8.73. The van der Waals surface area contributed by atoms with E-state index >= 15 is 0 Å². The third-order valence-electron chi connectivity index (χ3n) is 4.03. The molecule has 9 nitrogen and oxygen atoms in total. The van der Waals surface area contributed by atoms with E-state index in [-0.39, 0.29) is 51.7 Å². The Morgan fingerprint density at radius 2 is 1.93 bits per heavy atom. The number of aromatic nitrogens is 6. The minimum absolute atomic E-state index is 0. The molecule has 29 heavy (non-hydrogen) atoms. The van der Waals surface area contributed by atoms with Crippen molar-refractivity contribution in [2.45, 2.75) is 6.61 Å². The largest absolute Gasteiger partial charge is 1.00 e. The molecule has 0 aliphatic carbocycles. The maximum absolute atomic E-state index is 12.0. The second-order valence-electron chi connectivity index (χ2n) is 5.80. The molecule has 2 N–H and O–H groups in total. The molecule has 142 valence electrons. The van der Waals surface area contributed by atoms with Gasteiger partial charge in [-0.05, 0) is 18.2 Å². The fraction of sp³-hybridized carbons (Fsp3) is 0.118. The molecule has 0 atom stereocenters. The van der Waals surface area contributed by atoms with Crippen molar-refractivity contribution in [2.24, 2.45) is 0 Å². The van der Waals surface area contributed by atoms with Gasteiger partial charge in [0, 0.05) is 25.1 Å². The summed E-state index contributed by atoms with van der Waals surface area (Å²) in [6.45, 7) is 0.116. The van der Waals surface area contributed by atoms with E-state index in [0.29, 0.717) is 28.4 Å². The average Bonchev–Trinajstić information content (AvgIpc) is 3.09. The summed E-state index contributed by atoms with van der Waals surface area (Å²) in [5.41, 5.74) is -0.0622. The smallest absolute Gasteiger partial charge is 0.377 e. The Morgan fingerprint density at radius 3 is 2.62 bits per heavy atom. The molecule has 0 amide bonds. The van der Waals surface area contributed by atoms with E-state index in [1.807, 2.05) is 0 Å².